The van der Waals surface area contributed by atoms with E-state index in [1.165, 1.54) is 0 Å². The lowest BCUT2D eigenvalue weighted by atomic mass is 10.2. The van der Waals surface area contributed by atoms with E-state index >= 15 is 0 Å². The highest BCUT2D eigenvalue weighted by atomic mass is 16.6. The van der Waals surface area contributed by atoms with Gasteiger partial charge in [0, 0.05) is 6.42 Å². The van der Waals surface area contributed by atoms with Crippen molar-refractivity contribution in [3.8, 4) is 0 Å². The smallest absolute Gasteiger partial charge is 0.306 e. The van der Waals surface area contributed by atoms with Crippen molar-refractivity contribution in [2.45, 2.75) is 110 Å². The third-order valence-corrected chi connectivity index (χ3v) is 6.11. The number of carbonyl (C=O) groups excluding carboxylic acids is 1. The van der Waals surface area contributed by atoms with Crippen LogP contribution in [0.25, 0.3) is 0 Å². The zero-order chi connectivity index (χ0) is 31.3. The maximum absolute atomic E-state index is 12.1. The van der Waals surface area contributed by atoms with Gasteiger partial charge in [-0.3, -0.25) is 4.79 Å². The number of hydrogen-bond donors (Lipinski definition) is 1. The van der Waals surface area contributed by atoms with Gasteiger partial charge >= 0.3 is 5.97 Å². The Bertz CT molecular complexity index is 883. The second-order valence-electron chi connectivity index (χ2n) is 10.1. The Morgan fingerprint density at radius 3 is 1.37 bits per heavy atom. The number of hydrogen-bond acceptors (Lipinski definition) is 4. The van der Waals surface area contributed by atoms with Crippen LogP contribution in [0, 0.1) is 0 Å². The summed E-state index contributed by atoms with van der Waals surface area (Å²) in [6.45, 7) is 4.82. The van der Waals surface area contributed by atoms with E-state index in [1.807, 2.05) is 0 Å². The quantitative estimate of drug-likeness (QED) is 0.0558. The van der Waals surface area contributed by atoms with Crippen LogP contribution in [0.2, 0.25) is 0 Å². The first kappa shape index (κ1) is 40.1. The first-order chi connectivity index (χ1) is 21.2. The van der Waals surface area contributed by atoms with E-state index in [0.29, 0.717) is 13.0 Å². The fourth-order valence-corrected chi connectivity index (χ4v) is 3.73. The van der Waals surface area contributed by atoms with Crippen LogP contribution >= 0.6 is 0 Å². The first-order valence-corrected chi connectivity index (χ1v) is 16.5. The maximum Gasteiger partial charge on any atom is 0.306 e. The minimum Gasteiger partial charge on any atom is -0.457 e. The molecule has 0 aromatic heterocycles. The molecule has 43 heavy (non-hydrogen) atoms. The van der Waals surface area contributed by atoms with Crippen molar-refractivity contribution in [1.29, 1.82) is 0 Å². The Labute approximate surface area is 264 Å². The number of allylic oxidation sites excluding steroid dienone is 17. The van der Waals surface area contributed by atoms with Gasteiger partial charge in [0.15, 0.2) is 0 Å². The molecule has 1 N–H and O–H groups in total. The number of aliphatic hydroxyl groups excluding tert-OH is 1. The molecule has 0 aliphatic heterocycles. The zero-order valence-electron chi connectivity index (χ0n) is 27.2. The molecule has 1 unspecified atom stereocenters. The Hall–Kier alpha value is -2.95. The Morgan fingerprint density at radius 1 is 0.558 bits per heavy atom. The fraction of sp³-hybridized carbons (Fsp3) is 0.513. The van der Waals surface area contributed by atoms with Crippen LogP contribution in [0.1, 0.15) is 104 Å². The van der Waals surface area contributed by atoms with Crippen molar-refractivity contribution in [1.82, 2.24) is 0 Å². The van der Waals surface area contributed by atoms with E-state index in [9.17, 15) is 9.90 Å². The third kappa shape index (κ3) is 33.4. The molecule has 0 bridgehead atoms. The summed E-state index contributed by atoms with van der Waals surface area (Å²) >= 11 is 0. The van der Waals surface area contributed by atoms with Crippen LogP contribution in [0.5, 0.6) is 0 Å². The molecule has 1 atom stereocenters. The molecule has 0 fully saturated rings. The molecular formula is C39H60O4. The van der Waals surface area contributed by atoms with Gasteiger partial charge in [0.05, 0.1) is 19.8 Å². The van der Waals surface area contributed by atoms with Crippen LogP contribution in [0.3, 0.4) is 0 Å². The van der Waals surface area contributed by atoms with Crippen LogP contribution < -0.4 is 0 Å². The molecule has 0 heterocycles. The van der Waals surface area contributed by atoms with Crippen molar-refractivity contribution in [2.75, 3.05) is 19.8 Å². The average Bonchev–Trinajstić information content (AvgIpc) is 3.01. The van der Waals surface area contributed by atoms with Crippen molar-refractivity contribution >= 4 is 5.97 Å². The minimum atomic E-state index is -0.602. The Balaban J connectivity index is 3.73. The van der Waals surface area contributed by atoms with Gasteiger partial charge in [-0.1, -0.05) is 123 Å². The molecule has 4 heteroatoms. The molecule has 0 radical (unpaired) electrons. The molecule has 4 nitrogen and oxygen atoms in total. The number of esters is 1. The number of aliphatic hydroxyl groups is 1. The molecule has 0 saturated carbocycles. The van der Waals surface area contributed by atoms with Crippen LogP contribution in [0.4, 0.5) is 0 Å². The summed E-state index contributed by atoms with van der Waals surface area (Å²) in [4.78, 5) is 12.1. The van der Waals surface area contributed by atoms with Gasteiger partial charge in [0.25, 0.3) is 0 Å². The highest BCUT2D eigenvalue weighted by Gasteiger charge is 2.13. The van der Waals surface area contributed by atoms with Gasteiger partial charge in [-0.25, -0.2) is 0 Å². The van der Waals surface area contributed by atoms with Crippen LogP contribution in [0.15, 0.2) is 109 Å². The lowest BCUT2D eigenvalue weighted by molar-refractivity contribution is -0.154. The summed E-state index contributed by atoms with van der Waals surface area (Å²) in [5.41, 5.74) is 0. The summed E-state index contributed by atoms with van der Waals surface area (Å²) < 4.78 is 11.0. The lowest BCUT2D eigenvalue weighted by Gasteiger charge is -2.15. The molecule has 0 aliphatic carbocycles. The van der Waals surface area contributed by atoms with Crippen LogP contribution in [-0.2, 0) is 14.3 Å². The molecule has 0 amide bonds. The van der Waals surface area contributed by atoms with Gasteiger partial charge < -0.3 is 14.6 Å². The zero-order valence-corrected chi connectivity index (χ0v) is 27.2. The first-order valence-electron chi connectivity index (χ1n) is 16.5. The molecular weight excluding hydrogens is 532 g/mol. The van der Waals surface area contributed by atoms with Gasteiger partial charge in [0.1, 0.15) is 6.10 Å². The second kappa shape index (κ2) is 35.2. The molecule has 240 valence electrons. The summed E-state index contributed by atoms with van der Waals surface area (Å²) in [5.74, 6) is -0.273. The number of carbonyl (C=O) groups is 1. The normalized spacial score (nSPS) is 13.8. The predicted molar refractivity (Wildman–Crippen MR) is 186 cm³/mol. The third-order valence-electron chi connectivity index (χ3n) is 6.11. The monoisotopic (exact) mass is 592 g/mol. The van der Waals surface area contributed by atoms with E-state index in [1.54, 1.807) is 0 Å². The summed E-state index contributed by atoms with van der Waals surface area (Å²) in [5, 5.41) is 9.51. The van der Waals surface area contributed by atoms with Crippen LogP contribution in [-0.4, -0.2) is 37.0 Å². The summed E-state index contributed by atoms with van der Waals surface area (Å²) in [6.07, 6.45) is 51.4. The maximum atomic E-state index is 12.1. The molecule has 0 aromatic carbocycles. The Kier molecular flexibility index (Phi) is 32.8. The predicted octanol–water partition coefficient (Wildman–Crippen LogP) is 10.4. The van der Waals surface area contributed by atoms with E-state index in [0.717, 1.165) is 83.5 Å². The largest absolute Gasteiger partial charge is 0.457 e. The number of unbranched alkanes of at least 4 members (excludes halogenated alkanes) is 2. The van der Waals surface area contributed by atoms with Gasteiger partial charge in [0.2, 0.25) is 0 Å². The van der Waals surface area contributed by atoms with E-state index < -0.39 is 6.10 Å². The van der Waals surface area contributed by atoms with Crippen molar-refractivity contribution in [2.24, 2.45) is 0 Å². The SMILES string of the molecule is CC/C=C\C/C=C\C/C=C\C/C=C\C/C=C\CCOCC(CO)OC(=O)CCCC/C=C\C/C=C\C/C=C\C/C=C\CC. The van der Waals surface area contributed by atoms with Gasteiger partial charge in [-0.05, 0) is 83.5 Å². The molecule has 0 aliphatic rings. The van der Waals surface area contributed by atoms with Gasteiger partial charge in [-0.2, -0.15) is 0 Å². The fourth-order valence-electron chi connectivity index (χ4n) is 3.73. The summed E-state index contributed by atoms with van der Waals surface area (Å²) in [6, 6.07) is 0. The Morgan fingerprint density at radius 2 is 0.953 bits per heavy atom. The molecule has 0 aromatic rings. The highest BCUT2D eigenvalue weighted by Crippen LogP contribution is 2.06. The molecule has 0 spiro atoms. The second-order valence-corrected chi connectivity index (χ2v) is 10.1. The van der Waals surface area contributed by atoms with Gasteiger partial charge in [-0.15, -0.1) is 0 Å². The summed E-state index contributed by atoms with van der Waals surface area (Å²) in [7, 11) is 0. The van der Waals surface area contributed by atoms with E-state index in [2.05, 4.69) is 123 Å². The van der Waals surface area contributed by atoms with Crippen molar-refractivity contribution < 1.29 is 19.4 Å². The average molecular weight is 593 g/mol. The van der Waals surface area contributed by atoms with E-state index in [-0.39, 0.29) is 19.2 Å². The molecule has 0 saturated heterocycles. The minimum absolute atomic E-state index is 0.217. The number of ether oxygens (including phenoxy) is 2. The lowest BCUT2D eigenvalue weighted by Crippen LogP contribution is -2.27. The van der Waals surface area contributed by atoms with E-state index in [4.69, 9.17) is 9.47 Å². The number of rotatable bonds is 28. The molecule has 0 rings (SSSR count). The standard InChI is InChI=1S/C39H60O4/c1-3-5-7-9-11-13-15-17-19-21-23-25-27-29-31-33-35-42-37-38(36-40)43-39(41)34-32-30-28-26-24-22-20-18-16-14-12-10-8-6-4-2/h5-8,11-14,17-20,23-26,29,31,38,40H,3-4,9-10,15-16,21-22,27-28,30,32-37H2,1-2H3/b7-5-,8-6-,13-11-,14-12-,19-17-,20-18-,25-23-,26-24-,31-29-. The van der Waals surface area contributed by atoms with Crippen molar-refractivity contribution in [3.63, 3.8) is 0 Å². The van der Waals surface area contributed by atoms with Crippen molar-refractivity contribution in [3.05, 3.63) is 109 Å². The topological polar surface area (TPSA) is 55.8 Å². The highest BCUT2D eigenvalue weighted by molar-refractivity contribution is 5.69.